The Hall–Kier alpha value is -2.36. The van der Waals surface area contributed by atoms with Gasteiger partial charge in [-0.05, 0) is 36.6 Å². The van der Waals surface area contributed by atoms with Crippen LogP contribution in [0.15, 0.2) is 48.8 Å². The third kappa shape index (κ3) is 3.27. The van der Waals surface area contributed by atoms with Crippen molar-refractivity contribution in [2.75, 3.05) is 11.4 Å². The molecule has 0 spiro atoms. The van der Waals surface area contributed by atoms with Gasteiger partial charge in [-0.25, -0.2) is 0 Å². The summed E-state index contributed by atoms with van der Waals surface area (Å²) in [6, 6.07) is 12.8. The van der Waals surface area contributed by atoms with Gasteiger partial charge in [0.2, 0.25) is 5.91 Å². The van der Waals surface area contributed by atoms with Gasteiger partial charge in [0.1, 0.15) is 0 Å². The van der Waals surface area contributed by atoms with Gasteiger partial charge in [0, 0.05) is 43.6 Å². The number of amides is 1. The zero-order valence-corrected chi connectivity index (χ0v) is 12.8. The van der Waals surface area contributed by atoms with Crippen LogP contribution < -0.4 is 10.2 Å². The Morgan fingerprint density at radius 2 is 2.18 bits per heavy atom. The highest BCUT2D eigenvalue weighted by molar-refractivity contribution is 5.76. The van der Waals surface area contributed by atoms with Gasteiger partial charge in [0.05, 0.1) is 0 Å². The van der Waals surface area contributed by atoms with Crippen molar-refractivity contribution < 1.29 is 4.79 Å². The molecule has 1 aliphatic heterocycles. The summed E-state index contributed by atoms with van der Waals surface area (Å²) < 4.78 is 0. The van der Waals surface area contributed by atoms with Crippen molar-refractivity contribution in [3.8, 4) is 0 Å². The second-order valence-electron chi connectivity index (χ2n) is 5.76. The molecule has 0 bridgehead atoms. The number of para-hydroxylation sites is 1. The number of pyridine rings is 1. The summed E-state index contributed by atoms with van der Waals surface area (Å²) in [5.41, 5.74) is 3.68. The lowest BCUT2D eigenvalue weighted by atomic mass is 10.1. The van der Waals surface area contributed by atoms with E-state index in [1.165, 1.54) is 11.3 Å². The molecule has 114 valence electrons. The number of rotatable bonds is 5. The van der Waals surface area contributed by atoms with Crippen LogP contribution >= 0.6 is 0 Å². The number of aromatic nitrogens is 1. The molecule has 0 saturated carbocycles. The molecule has 1 atom stereocenters. The molecule has 22 heavy (non-hydrogen) atoms. The third-order valence-corrected chi connectivity index (χ3v) is 4.14. The average Bonchev–Trinajstić information content (AvgIpc) is 2.87. The van der Waals surface area contributed by atoms with Crippen LogP contribution in [0.4, 0.5) is 5.69 Å². The number of hydrogen-bond acceptors (Lipinski definition) is 3. The number of anilines is 1. The molecule has 1 aromatic carbocycles. The van der Waals surface area contributed by atoms with E-state index < -0.39 is 0 Å². The van der Waals surface area contributed by atoms with Crippen molar-refractivity contribution in [1.82, 2.24) is 10.3 Å². The first-order valence-corrected chi connectivity index (χ1v) is 7.74. The summed E-state index contributed by atoms with van der Waals surface area (Å²) >= 11 is 0. The van der Waals surface area contributed by atoms with Gasteiger partial charge in [-0.3, -0.25) is 9.78 Å². The van der Waals surface area contributed by atoms with Gasteiger partial charge in [-0.1, -0.05) is 24.3 Å². The molecular formula is C18H21N3O. The number of nitrogens with zero attached hydrogens (tertiary/aromatic N) is 2. The summed E-state index contributed by atoms with van der Waals surface area (Å²) in [7, 11) is 0. The van der Waals surface area contributed by atoms with Crippen molar-refractivity contribution in [2.45, 2.75) is 32.4 Å². The highest BCUT2D eigenvalue weighted by Crippen LogP contribution is 2.31. The minimum Gasteiger partial charge on any atom is -0.368 e. The summed E-state index contributed by atoms with van der Waals surface area (Å²) in [5, 5.41) is 2.96. The first-order valence-electron chi connectivity index (χ1n) is 7.74. The van der Waals surface area contributed by atoms with E-state index in [-0.39, 0.29) is 5.91 Å². The van der Waals surface area contributed by atoms with E-state index in [0.29, 0.717) is 19.0 Å². The minimum atomic E-state index is 0.0837. The van der Waals surface area contributed by atoms with Gasteiger partial charge in [-0.2, -0.15) is 0 Å². The van der Waals surface area contributed by atoms with Gasteiger partial charge >= 0.3 is 0 Å². The first kappa shape index (κ1) is 14.6. The summed E-state index contributed by atoms with van der Waals surface area (Å²) in [4.78, 5) is 18.4. The van der Waals surface area contributed by atoms with Crippen molar-refractivity contribution in [1.29, 1.82) is 0 Å². The van der Waals surface area contributed by atoms with Crippen LogP contribution in [0, 0.1) is 0 Å². The van der Waals surface area contributed by atoms with Crippen molar-refractivity contribution >= 4 is 11.6 Å². The zero-order chi connectivity index (χ0) is 15.4. The number of benzene rings is 1. The van der Waals surface area contributed by atoms with E-state index in [1.54, 1.807) is 12.4 Å². The SMILES string of the molecule is CC1Cc2ccccc2N1CCC(=O)NCc1cccnc1. The van der Waals surface area contributed by atoms with Gasteiger partial charge < -0.3 is 10.2 Å². The van der Waals surface area contributed by atoms with E-state index in [2.05, 4.69) is 46.4 Å². The molecular weight excluding hydrogens is 274 g/mol. The zero-order valence-electron chi connectivity index (χ0n) is 12.8. The number of carbonyl (C=O) groups excluding carboxylic acids is 1. The van der Waals surface area contributed by atoms with Gasteiger partial charge in [0.15, 0.2) is 0 Å². The molecule has 4 nitrogen and oxygen atoms in total. The maximum atomic E-state index is 12.0. The fraction of sp³-hybridized carbons (Fsp3) is 0.333. The summed E-state index contributed by atoms with van der Waals surface area (Å²) in [5.74, 6) is 0.0837. The fourth-order valence-corrected chi connectivity index (χ4v) is 2.98. The second kappa shape index (κ2) is 6.60. The number of fused-ring (bicyclic) bond motifs is 1. The molecule has 0 radical (unpaired) electrons. The fourth-order valence-electron chi connectivity index (χ4n) is 2.98. The number of nitrogens with one attached hydrogen (secondary N) is 1. The highest BCUT2D eigenvalue weighted by atomic mass is 16.1. The molecule has 1 amide bonds. The Kier molecular flexibility index (Phi) is 4.37. The second-order valence-corrected chi connectivity index (χ2v) is 5.76. The van der Waals surface area contributed by atoms with Crippen LogP contribution in [0.5, 0.6) is 0 Å². The molecule has 1 aliphatic rings. The molecule has 3 rings (SSSR count). The molecule has 2 heterocycles. The Morgan fingerprint density at radius 3 is 3.00 bits per heavy atom. The van der Waals surface area contributed by atoms with Gasteiger partial charge in [-0.15, -0.1) is 0 Å². The molecule has 1 unspecified atom stereocenters. The Balaban J connectivity index is 1.51. The van der Waals surface area contributed by atoms with E-state index >= 15 is 0 Å². The maximum Gasteiger partial charge on any atom is 0.222 e. The highest BCUT2D eigenvalue weighted by Gasteiger charge is 2.25. The van der Waals surface area contributed by atoms with Crippen molar-refractivity contribution in [3.05, 3.63) is 59.9 Å². The van der Waals surface area contributed by atoms with Crippen molar-refractivity contribution in [2.24, 2.45) is 0 Å². The summed E-state index contributed by atoms with van der Waals surface area (Å²) in [6.07, 6.45) is 5.09. The minimum absolute atomic E-state index is 0.0837. The standard InChI is InChI=1S/C18H21N3O/c1-14-11-16-6-2-3-7-17(16)21(14)10-8-18(22)20-13-15-5-4-9-19-12-15/h2-7,9,12,14H,8,10-11,13H2,1H3,(H,20,22). The lowest BCUT2D eigenvalue weighted by Gasteiger charge is -2.24. The van der Waals surface area contributed by atoms with Crippen LogP contribution in [-0.4, -0.2) is 23.5 Å². The first-order chi connectivity index (χ1) is 10.7. The molecule has 2 aromatic rings. The smallest absolute Gasteiger partial charge is 0.222 e. The van der Waals surface area contributed by atoms with Crippen LogP contribution in [-0.2, 0) is 17.8 Å². The molecule has 0 aliphatic carbocycles. The van der Waals surface area contributed by atoms with Gasteiger partial charge in [0.25, 0.3) is 0 Å². The Labute approximate surface area is 131 Å². The lowest BCUT2D eigenvalue weighted by Crippen LogP contribution is -2.34. The van der Waals surface area contributed by atoms with Crippen molar-refractivity contribution in [3.63, 3.8) is 0 Å². The lowest BCUT2D eigenvalue weighted by molar-refractivity contribution is -0.121. The maximum absolute atomic E-state index is 12.0. The molecule has 4 heteroatoms. The van der Waals surface area contributed by atoms with Crippen LogP contribution in [0.25, 0.3) is 0 Å². The van der Waals surface area contributed by atoms with Crippen LogP contribution in [0.3, 0.4) is 0 Å². The monoisotopic (exact) mass is 295 g/mol. The average molecular weight is 295 g/mol. The topological polar surface area (TPSA) is 45.2 Å². The number of hydrogen-bond donors (Lipinski definition) is 1. The predicted octanol–water partition coefficient (Wildman–Crippen LogP) is 2.54. The van der Waals surface area contributed by atoms with E-state index in [0.717, 1.165) is 18.5 Å². The number of carbonyl (C=O) groups is 1. The summed E-state index contributed by atoms with van der Waals surface area (Å²) in [6.45, 7) is 3.52. The largest absolute Gasteiger partial charge is 0.368 e. The molecule has 0 fully saturated rings. The molecule has 1 aromatic heterocycles. The van der Waals surface area contributed by atoms with E-state index in [4.69, 9.17) is 0 Å². The Bertz CT molecular complexity index is 642. The quantitative estimate of drug-likeness (QED) is 0.922. The van der Waals surface area contributed by atoms with E-state index in [1.807, 2.05) is 12.1 Å². The molecule has 0 saturated heterocycles. The van der Waals surface area contributed by atoms with Crippen LogP contribution in [0.1, 0.15) is 24.5 Å². The van der Waals surface area contributed by atoms with E-state index in [9.17, 15) is 4.79 Å². The normalized spacial score (nSPS) is 16.4. The predicted molar refractivity (Wildman–Crippen MR) is 87.7 cm³/mol. The third-order valence-electron chi connectivity index (χ3n) is 4.14. The van der Waals surface area contributed by atoms with Crippen LogP contribution in [0.2, 0.25) is 0 Å². The molecule has 1 N–H and O–H groups in total. The Morgan fingerprint density at radius 1 is 1.32 bits per heavy atom.